The van der Waals surface area contributed by atoms with Crippen LogP contribution in [0.5, 0.6) is 5.88 Å². The van der Waals surface area contributed by atoms with Gasteiger partial charge in [0.2, 0.25) is 5.88 Å². The first-order chi connectivity index (χ1) is 18.3. The number of fused-ring (bicyclic) bond motifs is 1. The number of rotatable bonds is 5. The number of hydrogen-bond donors (Lipinski definition) is 2. The van der Waals surface area contributed by atoms with E-state index in [0.717, 1.165) is 28.1 Å². The lowest BCUT2D eigenvalue weighted by Crippen LogP contribution is -2.48. The Morgan fingerprint density at radius 3 is 2.47 bits per heavy atom. The molecule has 5 rings (SSSR count). The molecule has 3 heterocycles. The Labute approximate surface area is 220 Å². The van der Waals surface area contributed by atoms with Gasteiger partial charge in [-0.05, 0) is 48.2 Å². The van der Waals surface area contributed by atoms with Crippen molar-refractivity contribution in [1.82, 2.24) is 14.8 Å². The molecule has 1 aliphatic rings. The number of aryl methyl sites for hydroxylation is 1. The third-order valence-electron chi connectivity index (χ3n) is 6.07. The van der Waals surface area contributed by atoms with Gasteiger partial charge < -0.3 is 20.3 Å². The maximum absolute atomic E-state index is 13.8. The number of nitrogens with two attached hydrogens (primary N) is 1. The maximum Gasteiger partial charge on any atom is 0.240 e. The Balaban J connectivity index is 0.00000164. The standard InChI is InChI=1S/C27H24F2N4O3.C2H6/c1-33-25-21(4-3-5-22(25)26(32-33)35-2)20-7-6-19(8-9-27(34)14-36-15-27)31-24(20)23(30)12-16-10-17(28)13-18(29)11-16;1-2/h3-7,10-11,13,23,34H,12,14-15,30H2,1-2H3;1-2H3/t23-;/m0./s1. The van der Waals surface area contributed by atoms with Crippen LogP contribution in [0.1, 0.15) is 36.8 Å². The first-order valence-electron chi connectivity index (χ1n) is 12.3. The molecular weight excluding hydrogens is 490 g/mol. The van der Waals surface area contributed by atoms with Gasteiger partial charge in [0, 0.05) is 24.2 Å². The average Bonchev–Trinajstić information content (AvgIpc) is 3.22. The minimum Gasteiger partial charge on any atom is -0.479 e. The van der Waals surface area contributed by atoms with Gasteiger partial charge in [-0.15, -0.1) is 5.10 Å². The molecule has 0 unspecified atom stereocenters. The fraction of sp³-hybridized carbons (Fsp3) is 0.310. The first-order valence-corrected chi connectivity index (χ1v) is 12.3. The van der Waals surface area contributed by atoms with Gasteiger partial charge in [0.05, 0.1) is 43.0 Å². The lowest BCUT2D eigenvalue weighted by molar-refractivity contribution is -0.140. The third kappa shape index (κ3) is 5.53. The molecular formula is C29H30F2N4O3. The quantitative estimate of drug-likeness (QED) is 0.381. The van der Waals surface area contributed by atoms with E-state index in [1.54, 1.807) is 17.9 Å². The fourth-order valence-corrected chi connectivity index (χ4v) is 4.36. The molecule has 2 aromatic carbocycles. The number of hydrogen-bond acceptors (Lipinski definition) is 6. The number of halogens is 2. The Morgan fingerprint density at radius 2 is 1.84 bits per heavy atom. The van der Waals surface area contributed by atoms with Crippen molar-refractivity contribution in [2.75, 3.05) is 20.3 Å². The van der Waals surface area contributed by atoms with E-state index in [0.29, 0.717) is 22.8 Å². The summed E-state index contributed by atoms with van der Waals surface area (Å²) in [5.41, 5.74) is 9.08. The normalized spacial score (nSPS) is 14.5. The number of nitrogens with zero attached hydrogens (tertiary/aromatic N) is 3. The van der Waals surface area contributed by atoms with Crippen molar-refractivity contribution in [2.24, 2.45) is 12.8 Å². The van der Waals surface area contributed by atoms with E-state index in [2.05, 4.69) is 16.9 Å². The molecule has 7 nitrogen and oxygen atoms in total. The summed E-state index contributed by atoms with van der Waals surface area (Å²) >= 11 is 0. The first kappa shape index (κ1) is 27.2. The highest BCUT2D eigenvalue weighted by Crippen LogP contribution is 2.36. The van der Waals surface area contributed by atoms with Crippen molar-refractivity contribution in [3.05, 3.63) is 77.1 Å². The predicted molar refractivity (Wildman–Crippen MR) is 141 cm³/mol. The van der Waals surface area contributed by atoms with Crippen molar-refractivity contribution in [3.63, 3.8) is 0 Å². The van der Waals surface area contributed by atoms with E-state index < -0.39 is 23.3 Å². The van der Waals surface area contributed by atoms with Crippen LogP contribution >= 0.6 is 0 Å². The van der Waals surface area contributed by atoms with Gasteiger partial charge in [-0.2, -0.15) is 0 Å². The van der Waals surface area contributed by atoms with Crippen LogP contribution < -0.4 is 10.5 Å². The molecule has 2 aromatic heterocycles. The molecule has 0 bridgehead atoms. The Morgan fingerprint density at radius 1 is 1.13 bits per heavy atom. The second-order valence-corrected chi connectivity index (χ2v) is 8.83. The number of ether oxygens (including phenoxy) is 2. The number of benzene rings is 2. The van der Waals surface area contributed by atoms with Crippen molar-refractivity contribution >= 4 is 10.9 Å². The van der Waals surface area contributed by atoms with Crippen LogP contribution in [-0.2, 0) is 18.2 Å². The van der Waals surface area contributed by atoms with Crippen molar-refractivity contribution in [2.45, 2.75) is 31.9 Å². The van der Waals surface area contributed by atoms with Crippen molar-refractivity contribution < 1.29 is 23.4 Å². The molecule has 4 aromatic rings. The van der Waals surface area contributed by atoms with E-state index >= 15 is 0 Å². The molecule has 38 heavy (non-hydrogen) atoms. The topological polar surface area (TPSA) is 95.4 Å². The van der Waals surface area contributed by atoms with E-state index in [4.69, 9.17) is 20.2 Å². The molecule has 0 amide bonds. The number of para-hydroxylation sites is 1. The smallest absolute Gasteiger partial charge is 0.240 e. The molecule has 3 N–H and O–H groups in total. The molecule has 1 fully saturated rings. The highest BCUT2D eigenvalue weighted by Gasteiger charge is 2.34. The maximum atomic E-state index is 13.8. The van der Waals surface area contributed by atoms with Gasteiger partial charge in [-0.3, -0.25) is 4.68 Å². The molecule has 0 radical (unpaired) electrons. The Hall–Kier alpha value is -3.84. The summed E-state index contributed by atoms with van der Waals surface area (Å²) in [5.74, 6) is 4.84. The van der Waals surface area contributed by atoms with Gasteiger partial charge in [0.1, 0.15) is 17.3 Å². The zero-order valence-electron chi connectivity index (χ0n) is 21.8. The van der Waals surface area contributed by atoms with Gasteiger partial charge in [0.25, 0.3) is 0 Å². The van der Waals surface area contributed by atoms with Crippen LogP contribution in [0.15, 0.2) is 48.5 Å². The average molecular weight is 521 g/mol. The van der Waals surface area contributed by atoms with E-state index in [9.17, 15) is 13.9 Å². The number of aliphatic hydroxyl groups is 1. The van der Waals surface area contributed by atoms with E-state index in [-0.39, 0.29) is 19.6 Å². The zero-order chi connectivity index (χ0) is 27.4. The Kier molecular flexibility index (Phi) is 8.07. The van der Waals surface area contributed by atoms with Crippen LogP contribution in [0.2, 0.25) is 0 Å². The summed E-state index contributed by atoms with van der Waals surface area (Å²) in [6.07, 6.45) is 0.147. The summed E-state index contributed by atoms with van der Waals surface area (Å²) in [5, 5.41) is 15.5. The molecule has 0 aliphatic carbocycles. The second kappa shape index (κ2) is 11.3. The summed E-state index contributed by atoms with van der Waals surface area (Å²) < 4.78 is 39.8. The minimum absolute atomic E-state index is 0.139. The van der Waals surface area contributed by atoms with Crippen molar-refractivity contribution in [3.8, 4) is 28.8 Å². The summed E-state index contributed by atoms with van der Waals surface area (Å²) in [6, 6.07) is 12.0. The summed E-state index contributed by atoms with van der Waals surface area (Å²) in [6.45, 7) is 4.28. The molecule has 9 heteroatoms. The molecule has 1 aliphatic heterocycles. The van der Waals surface area contributed by atoms with Gasteiger partial charge >= 0.3 is 0 Å². The Bertz CT molecular complexity index is 1500. The monoisotopic (exact) mass is 520 g/mol. The number of aromatic nitrogens is 3. The lowest BCUT2D eigenvalue weighted by atomic mass is 9.94. The van der Waals surface area contributed by atoms with Crippen LogP contribution in [-0.4, -0.2) is 45.8 Å². The number of methoxy groups -OCH3 is 1. The van der Waals surface area contributed by atoms with Gasteiger partial charge in [0.15, 0.2) is 5.60 Å². The van der Waals surface area contributed by atoms with Crippen LogP contribution in [0.3, 0.4) is 0 Å². The molecule has 0 spiro atoms. The van der Waals surface area contributed by atoms with Crippen LogP contribution in [0.25, 0.3) is 22.0 Å². The largest absolute Gasteiger partial charge is 0.479 e. The molecule has 1 saturated heterocycles. The third-order valence-corrected chi connectivity index (χ3v) is 6.07. The second-order valence-electron chi connectivity index (χ2n) is 8.83. The SMILES string of the molecule is CC.COc1nn(C)c2c(-c3ccc(C#CC4(O)COC4)nc3[C@@H](N)Cc3cc(F)cc(F)c3)cccc12. The molecule has 0 saturated carbocycles. The van der Waals surface area contributed by atoms with Gasteiger partial charge in [-0.1, -0.05) is 31.9 Å². The summed E-state index contributed by atoms with van der Waals surface area (Å²) in [7, 11) is 3.38. The molecule has 198 valence electrons. The van der Waals surface area contributed by atoms with E-state index in [1.165, 1.54) is 12.1 Å². The zero-order valence-corrected chi connectivity index (χ0v) is 21.8. The van der Waals surface area contributed by atoms with Crippen molar-refractivity contribution in [1.29, 1.82) is 0 Å². The number of pyridine rings is 1. The van der Waals surface area contributed by atoms with Crippen LogP contribution in [0, 0.1) is 23.5 Å². The van der Waals surface area contributed by atoms with Gasteiger partial charge in [-0.25, -0.2) is 13.8 Å². The highest BCUT2D eigenvalue weighted by molar-refractivity contribution is 5.97. The summed E-state index contributed by atoms with van der Waals surface area (Å²) in [4.78, 5) is 4.72. The fourth-order valence-electron chi connectivity index (χ4n) is 4.36. The molecule has 1 atom stereocenters. The van der Waals surface area contributed by atoms with Crippen LogP contribution in [0.4, 0.5) is 8.78 Å². The van der Waals surface area contributed by atoms with E-state index in [1.807, 2.05) is 45.2 Å². The predicted octanol–water partition coefficient (Wildman–Crippen LogP) is 4.30. The lowest BCUT2D eigenvalue weighted by Gasteiger charge is -2.30. The highest BCUT2D eigenvalue weighted by atomic mass is 19.1. The minimum atomic E-state index is -1.20.